The summed E-state index contributed by atoms with van der Waals surface area (Å²) in [5.74, 6) is 0.496. The fraction of sp³-hybridized carbons (Fsp3) is 0.500. The molecule has 100 valence electrons. The molecule has 0 radical (unpaired) electrons. The molecule has 3 rings (SSSR count). The van der Waals surface area contributed by atoms with Crippen LogP contribution in [0.4, 0.5) is 0 Å². The number of piperidine rings is 1. The van der Waals surface area contributed by atoms with Gasteiger partial charge in [-0.15, -0.1) is 0 Å². The minimum absolute atomic E-state index is 0.00993. The number of likely N-dealkylation sites (tertiary alicyclic amines) is 1. The van der Waals surface area contributed by atoms with Crippen molar-refractivity contribution in [2.24, 2.45) is 5.92 Å². The normalized spacial score (nSPS) is 25.2. The molecule has 1 saturated heterocycles. The van der Waals surface area contributed by atoms with E-state index in [4.69, 9.17) is 0 Å². The van der Waals surface area contributed by atoms with Crippen LogP contribution < -0.4 is 0 Å². The molecule has 0 bridgehead atoms. The number of ketones is 1. The Morgan fingerprint density at radius 3 is 2.53 bits per heavy atom. The maximum absolute atomic E-state index is 12.7. The Hall–Kier alpha value is -1.64. The largest absolute Gasteiger partial charge is 0.341 e. The summed E-state index contributed by atoms with van der Waals surface area (Å²) >= 11 is 0. The van der Waals surface area contributed by atoms with Crippen LogP contribution in [0, 0.1) is 5.92 Å². The minimum atomic E-state index is -0.290. The van der Waals surface area contributed by atoms with Crippen molar-refractivity contribution >= 4 is 11.7 Å². The Labute approximate surface area is 113 Å². The highest BCUT2D eigenvalue weighted by atomic mass is 16.2. The van der Waals surface area contributed by atoms with Crippen molar-refractivity contribution in [2.45, 2.75) is 31.6 Å². The molecule has 1 aliphatic carbocycles. The molecule has 2 fully saturated rings. The zero-order valence-corrected chi connectivity index (χ0v) is 11.3. The lowest BCUT2D eigenvalue weighted by Crippen LogP contribution is -2.47. The zero-order chi connectivity index (χ0) is 13.5. The van der Waals surface area contributed by atoms with Crippen LogP contribution in [-0.2, 0) is 15.0 Å². The highest BCUT2D eigenvalue weighted by Gasteiger charge is 2.53. The first-order valence-corrected chi connectivity index (χ1v) is 7.01. The molecule has 19 heavy (non-hydrogen) atoms. The van der Waals surface area contributed by atoms with Gasteiger partial charge in [-0.3, -0.25) is 9.59 Å². The fourth-order valence-corrected chi connectivity index (χ4v) is 3.01. The summed E-state index contributed by atoms with van der Waals surface area (Å²) < 4.78 is 0. The average molecular weight is 257 g/mol. The zero-order valence-electron chi connectivity index (χ0n) is 11.3. The van der Waals surface area contributed by atoms with Gasteiger partial charge in [-0.05, 0) is 18.4 Å². The van der Waals surface area contributed by atoms with Gasteiger partial charge in [0.2, 0.25) is 5.91 Å². The van der Waals surface area contributed by atoms with Gasteiger partial charge in [0.15, 0.2) is 0 Å². The van der Waals surface area contributed by atoms with Gasteiger partial charge in [-0.25, -0.2) is 0 Å². The number of amides is 1. The highest BCUT2D eigenvalue weighted by Crippen LogP contribution is 2.49. The second-order valence-corrected chi connectivity index (χ2v) is 5.82. The molecule has 3 nitrogen and oxygen atoms in total. The molecule has 1 aliphatic heterocycles. The van der Waals surface area contributed by atoms with E-state index in [2.05, 4.69) is 0 Å². The Balaban J connectivity index is 1.79. The lowest BCUT2D eigenvalue weighted by molar-refractivity contribution is -0.139. The molecule has 2 aliphatic rings. The molecular formula is C16H19NO2. The molecule has 0 N–H and O–H groups in total. The molecule has 1 saturated carbocycles. The maximum Gasteiger partial charge on any atom is 0.233 e. The third-order valence-corrected chi connectivity index (χ3v) is 4.44. The van der Waals surface area contributed by atoms with Crippen molar-refractivity contribution in [1.29, 1.82) is 0 Å². The summed E-state index contributed by atoms with van der Waals surface area (Å²) in [6, 6.07) is 10.1. The fourth-order valence-electron chi connectivity index (χ4n) is 3.01. The number of benzene rings is 1. The lowest BCUT2D eigenvalue weighted by atomic mass is 9.91. The van der Waals surface area contributed by atoms with Gasteiger partial charge in [0.05, 0.1) is 5.41 Å². The van der Waals surface area contributed by atoms with E-state index >= 15 is 0 Å². The number of nitrogens with zero attached hydrogens (tertiary/aromatic N) is 1. The van der Waals surface area contributed by atoms with E-state index in [1.165, 1.54) is 0 Å². The Bertz CT molecular complexity index is 505. The standard InChI is InChI=1S/C16H19NO2/c1-12-11-17(10-7-14(12)18)15(19)16(8-9-16)13-5-3-2-4-6-13/h2-6,12H,7-11H2,1H3. The molecule has 1 unspecified atom stereocenters. The molecule has 0 spiro atoms. The highest BCUT2D eigenvalue weighted by molar-refractivity contribution is 5.93. The Kier molecular flexibility index (Phi) is 2.92. The van der Waals surface area contributed by atoms with E-state index in [0.717, 1.165) is 18.4 Å². The first-order valence-electron chi connectivity index (χ1n) is 7.01. The summed E-state index contributed by atoms with van der Waals surface area (Å²) in [7, 11) is 0. The summed E-state index contributed by atoms with van der Waals surface area (Å²) in [6.07, 6.45) is 2.39. The van der Waals surface area contributed by atoms with Crippen molar-refractivity contribution in [3.8, 4) is 0 Å². The molecule has 1 heterocycles. The van der Waals surface area contributed by atoms with Crippen molar-refractivity contribution in [2.75, 3.05) is 13.1 Å². The number of hydrogen-bond donors (Lipinski definition) is 0. The summed E-state index contributed by atoms with van der Waals surface area (Å²) in [5, 5.41) is 0. The van der Waals surface area contributed by atoms with Crippen LogP contribution in [0.25, 0.3) is 0 Å². The molecular weight excluding hydrogens is 238 g/mol. The van der Waals surface area contributed by atoms with Crippen molar-refractivity contribution in [3.63, 3.8) is 0 Å². The summed E-state index contributed by atoms with van der Waals surface area (Å²) in [5.41, 5.74) is 0.839. The van der Waals surface area contributed by atoms with Crippen LogP contribution in [0.3, 0.4) is 0 Å². The third-order valence-electron chi connectivity index (χ3n) is 4.44. The predicted molar refractivity (Wildman–Crippen MR) is 72.7 cm³/mol. The SMILES string of the molecule is CC1CN(C(=O)C2(c3ccccc3)CC2)CCC1=O. The maximum atomic E-state index is 12.7. The van der Waals surface area contributed by atoms with Gasteiger partial charge in [-0.1, -0.05) is 37.3 Å². The van der Waals surface area contributed by atoms with Crippen LogP contribution >= 0.6 is 0 Å². The minimum Gasteiger partial charge on any atom is -0.341 e. The smallest absolute Gasteiger partial charge is 0.233 e. The Morgan fingerprint density at radius 1 is 1.26 bits per heavy atom. The van der Waals surface area contributed by atoms with E-state index in [9.17, 15) is 9.59 Å². The van der Waals surface area contributed by atoms with Gasteiger partial charge in [-0.2, -0.15) is 0 Å². The van der Waals surface area contributed by atoms with E-state index in [1.54, 1.807) is 0 Å². The molecule has 1 atom stereocenters. The lowest BCUT2D eigenvalue weighted by Gasteiger charge is -2.33. The number of carbonyl (C=O) groups is 2. The quantitative estimate of drug-likeness (QED) is 0.814. The molecule has 1 amide bonds. The monoisotopic (exact) mass is 257 g/mol. The van der Waals surface area contributed by atoms with Crippen molar-refractivity contribution in [3.05, 3.63) is 35.9 Å². The molecule has 1 aromatic rings. The molecule has 1 aromatic carbocycles. The van der Waals surface area contributed by atoms with Crippen LogP contribution in [0.5, 0.6) is 0 Å². The van der Waals surface area contributed by atoms with Crippen molar-refractivity contribution in [1.82, 2.24) is 4.90 Å². The van der Waals surface area contributed by atoms with Gasteiger partial charge in [0, 0.05) is 25.4 Å². The Morgan fingerprint density at radius 2 is 1.95 bits per heavy atom. The molecule has 3 heteroatoms. The van der Waals surface area contributed by atoms with E-state index in [1.807, 2.05) is 42.2 Å². The number of Topliss-reactive ketones (excluding diaryl/α,β-unsaturated/α-hetero) is 1. The van der Waals surface area contributed by atoms with Gasteiger partial charge in [0.25, 0.3) is 0 Å². The average Bonchev–Trinajstić information content (AvgIpc) is 3.24. The van der Waals surface area contributed by atoms with Crippen LogP contribution in [0.15, 0.2) is 30.3 Å². The van der Waals surface area contributed by atoms with Crippen molar-refractivity contribution < 1.29 is 9.59 Å². The topological polar surface area (TPSA) is 37.4 Å². The number of hydrogen-bond acceptors (Lipinski definition) is 2. The predicted octanol–water partition coefficient (Wildman–Crippen LogP) is 2.16. The van der Waals surface area contributed by atoms with E-state index < -0.39 is 0 Å². The first kappa shape index (κ1) is 12.4. The van der Waals surface area contributed by atoms with E-state index in [0.29, 0.717) is 19.5 Å². The number of rotatable bonds is 2. The van der Waals surface area contributed by atoms with E-state index in [-0.39, 0.29) is 23.0 Å². The van der Waals surface area contributed by atoms with Crippen LogP contribution in [-0.4, -0.2) is 29.7 Å². The summed E-state index contributed by atoms with van der Waals surface area (Å²) in [4.78, 5) is 26.2. The van der Waals surface area contributed by atoms with Crippen LogP contribution in [0.2, 0.25) is 0 Å². The number of carbonyl (C=O) groups excluding carboxylic acids is 2. The second kappa shape index (κ2) is 4.48. The van der Waals surface area contributed by atoms with Gasteiger partial charge >= 0.3 is 0 Å². The first-order chi connectivity index (χ1) is 9.13. The molecule has 0 aromatic heterocycles. The second-order valence-electron chi connectivity index (χ2n) is 5.82. The third kappa shape index (κ3) is 2.07. The van der Waals surface area contributed by atoms with Gasteiger partial charge < -0.3 is 4.90 Å². The van der Waals surface area contributed by atoms with Crippen LogP contribution in [0.1, 0.15) is 31.7 Å². The van der Waals surface area contributed by atoms with Gasteiger partial charge in [0.1, 0.15) is 5.78 Å². The summed E-state index contributed by atoms with van der Waals surface area (Å²) in [6.45, 7) is 3.10.